The van der Waals surface area contributed by atoms with E-state index in [0.717, 1.165) is 4.57 Å². The van der Waals surface area contributed by atoms with Gasteiger partial charge < -0.3 is 25.2 Å². The number of benzene rings is 1. The molecule has 10 heteroatoms. The van der Waals surface area contributed by atoms with E-state index in [1.165, 1.54) is 29.8 Å². The van der Waals surface area contributed by atoms with Gasteiger partial charge in [-0.05, 0) is 30.2 Å². The van der Waals surface area contributed by atoms with Gasteiger partial charge in [0.1, 0.15) is 11.5 Å². The van der Waals surface area contributed by atoms with Gasteiger partial charge in [0.2, 0.25) is 0 Å². The quantitative estimate of drug-likeness (QED) is 0.429. The zero-order valence-electron chi connectivity index (χ0n) is 16.5. The predicted molar refractivity (Wildman–Crippen MR) is 107 cm³/mol. The Hall–Kier alpha value is -3.11. The molecule has 0 fully saturated rings. The third-order valence-electron chi connectivity index (χ3n) is 4.87. The van der Waals surface area contributed by atoms with E-state index < -0.39 is 11.8 Å². The number of aryl methyl sites for hydroxylation is 1. The monoisotopic (exact) mass is 403 g/mol. The molecule has 0 aliphatic heterocycles. The van der Waals surface area contributed by atoms with Crippen molar-refractivity contribution in [1.82, 2.24) is 24.0 Å². The van der Waals surface area contributed by atoms with Crippen molar-refractivity contribution >= 4 is 11.2 Å². The van der Waals surface area contributed by atoms with Crippen LogP contribution in [0.15, 0.2) is 34.1 Å². The van der Waals surface area contributed by atoms with Crippen LogP contribution in [0.1, 0.15) is 18.6 Å². The molecule has 0 bridgehead atoms. The Labute approximate surface area is 166 Å². The molecule has 0 amide bonds. The Morgan fingerprint density at radius 3 is 2.38 bits per heavy atom. The molecule has 0 radical (unpaired) electrons. The Kier molecular flexibility index (Phi) is 5.76. The molecule has 0 saturated carbocycles. The number of nitrogens with one attached hydrogen (secondary N) is 1. The zero-order valence-corrected chi connectivity index (χ0v) is 16.5. The summed E-state index contributed by atoms with van der Waals surface area (Å²) in [6.45, 7) is 3.26. The Bertz CT molecular complexity index is 1130. The summed E-state index contributed by atoms with van der Waals surface area (Å²) in [6, 6.07) is 3.99. The molecule has 2 atom stereocenters. The molecule has 0 aliphatic carbocycles. The lowest BCUT2D eigenvalue weighted by molar-refractivity contribution is 0.172. The van der Waals surface area contributed by atoms with Gasteiger partial charge in [-0.1, -0.05) is 6.92 Å². The predicted octanol–water partition coefficient (Wildman–Crippen LogP) is -0.196. The largest absolute Gasteiger partial charge is 0.508 e. The molecule has 3 aromatic rings. The number of hydrogen-bond donors (Lipinski definition) is 4. The lowest BCUT2D eigenvalue weighted by atomic mass is 10.1. The lowest BCUT2D eigenvalue weighted by Crippen LogP contribution is -2.37. The number of imidazole rings is 1. The highest BCUT2D eigenvalue weighted by Gasteiger charge is 2.16. The second-order valence-corrected chi connectivity index (χ2v) is 7.34. The van der Waals surface area contributed by atoms with Gasteiger partial charge in [0.15, 0.2) is 11.2 Å². The first-order valence-corrected chi connectivity index (χ1v) is 9.21. The molecule has 0 saturated heterocycles. The van der Waals surface area contributed by atoms with Crippen LogP contribution in [-0.2, 0) is 20.6 Å². The molecule has 2 aromatic heterocycles. The number of phenolic OH excluding ortho intramolecular Hbond substituents is 2. The van der Waals surface area contributed by atoms with Crippen LogP contribution in [0, 0.1) is 5.92 Å². The van der Waals surface area contributed by atoms with E-state index in [1.807, 2.05) is 6.92 Å². The Morgan fingerprint density at radius 2 is 1.72 bits per heavy atom. The Balaban J connectivity index is 1.65. The maximum absolute atomic E-state index is 12.5. The number of fused-ring (bicyclic) bond motifs is 1. The van der Waals surface area contributed by atoms with E-state index in [1.54, 1.807) is 17.9 Å². The highest BCUT2D eigenvalue weighted by atomic mass is 16.3. The first kappa shape index (κ1) is 20.6. The van der Waals surface area contributed by atoms with Crippen LogP contribution in [0.3, 0.4) is 0 Å². The third-order valence-corrected chi connectivity index (χ3v) is 4.87. The highest BCUT2D eigenvalue weighted by molar-refractivity contribution is 5.69. The number of aliphatic hydroxyl groups is 1. The summed E-state index contributed by atoms with van der Waals surface area (Å²) in [6.07, 6.45) is 0.655. The van der Waals surface area contributed by atoms with Gasteiger partial charge in [0, 0.05) is 33.3 Å². The SMILES string of the molecule is CC(CNCC(O)c1cc(O)cc(O)c1)Cn1cnc2c1c(=O)n(C)c(=O)n2C. The first-order chi connectivity index (χ1) is 13.7. The molecule has 1 aromatic carbocycles. The number of hydrogen-bond acceptors (Lipinski definition) is 7. The summed E-state index contributed by atoms with van der Waals surface area (Å²) >= 11 is 0. The molecular formula is C19H25N5O5. The average molecular weight is 403 g/mol. The van der Waals surface area contributed by atoms with Crippen LogP contribution in [-0.4, -0.2) is 47.1 Å². The molecular weight excluding hydrogens is 378 g/mol. The van der Waals surface area contributed by atoms with Crippen LogP contribution in [0.2, 0.25) is 0 Å². The van der Waals surface area contributed by atoms with E-state index in [0.29, 0.717) is 29.8 Å². The third kappa shape index (κ3) is 4.17. The minimum atomic E-state index is -0.893. The summed E-state index contributed by atoms with van der Waals surface area (Å²) < 4.78 is 4.13. The lowest BCUT2D eigenvalue weighted by Gasteiger charge is -2.17. The Morgan fingerprint density at radius 1 is 1.07 bits per heavy atom. The molecule has 29 heavy (non-hydrogen) atoms. The molecule has 4 N–H and O–H groups in total. The van der Waals surface area contributed by atoms with Gasteiger partial charge in [-0.25, -0.2) is 9.78 Å². The van der Waals surface area contributed by atoms with Crippen molar-refractivity contribution in [2.24, 2.45) is 20.0 Å². The van der Waals surface area contributed by atoms with Gasteiger partial charge in [0.25, 0.3) is 5.56 Å². The molecule has 2 unspecified atom stereocenters. The minimum Gasteiger partial charge on any atom is -0.508 e. The minimum absolute atomic E-state index is 0.0964. The summed E-state index contributed by atoms with van der Waals surface area (Å²) in [5, 5.41) is 32.4. The van der Waals surface area contributed by atoms with E-state index in [-0.39, 0.29) is 29.5 Å². The number of aromatic hydroxyl groups is 2. The molecule has 0 aliphatic rings. The number of phenols is 2. The van der Waals surface area contributed by atoms with Gasteiger partial charge >= 0.3 is 5.69 Å². The van der Waals surface area contributed by atoms with Crippen LogP contribution in [0.25, 0.3) is 11.2 Å². The summed E-state index contributed by atoms with van der Waals surface area (Å²) in [4.78, 5) is 28.7. The number of aliphatic hydroxyl groups excluding tert-OH is 1. The second kappa shape index (κ2) is 8.10. The van der Waals surface area contributed by atoms with Crippen molar-refractivity contribution in [1.29, 1.82) is 0 Å². The van der Waals surface area contributed by atoms with Gasteiger partial charge in [-0.3, -0.25) is 13.9 Å². The molecule has 2 heterocycles. The molecule has 0 spiro atoms. The number of aromatic nitrogens is 4. The summed E-state index contributed by atoms with van der Waals surface area (Å²) in [5.41, 5.74) is 0.316. The van der Waals surface area contributed by atoms with Crippen molar-refractivity contribution < 1.29 is 15.3 Å². The van der Waals surface area contributed by atoms with Crippen LogP contribution in [0.5, 0.6) is 11.5 Å². The smallest absolute Gasteiger partial charge is 0.332 e. The van der Waals surface area contributed by atoms with Crippen LogP contribution in [0.4, 0.5) is 0 Å². The van der Waals surface area contributed by atoms with Crippen molar-refractivity contribution in [2.75, 3.05) is 13.1 Å². The summed E-state index contributed by atoms with van der Waals surface area (Å²) in [7, 11) is 3.01. The van der Waals surface area contributed by atoms with Gasteiger partial charge in [0.05, 0.1) is 12.4 Å². The van der Waals surface area contributed by atoms with Crippen molar-refractivity contribution in [2.45, 2.75) is 19.6 Å². The number of rotatable bonds is 7. The van der Waals surface area contributed by atoms with E-state index in [9.17, 15) is 24.9 Å². The second-order valence-electron chi connectivity index (χ2n) is 7.34. The average Bonchev–Trinajstić information content (AvgIpc) is 3.07. The molecule has 10 nitrogen and oxygen atoms in total. The molecule has 156 valence electrons. The number of nitrogens with zero attached hydrogens (tertiary/aromatic N) is 4. The van der Waals surface area contributed by atoms with Crippen LogP contribution < -0.4 is 16.6 Å². The normalized spacial score (nSPS) is 13.7. The van der Waals surface area contributed by atoms with E-state index >= 15 is 0 Å². The zero-order chi connectivity index (χ0) is 21.3. The fourth-order valence-electron chi connectivity index (χ4n) is 3.33. The van der Waals surface area contributed by atoms with Crippen molar-refractivity contribution in [3.05, 3.63) is 50.9 Å². The van der Waals surface area contributed by atoms with E-state index in [4.69, 9.17) is 0 Å². The summed E-state index contributed by atoms with van der Waals surface area (Å²) in [5.74, 6) is -0.134. The van der Waals surface area contributed by atoms with Gasteiger partial charge in [-0.2, -0.15) is 0 Å². The molecule has 3 rings (SSSR count). The topological polar surface area (TPSA) is 135 Å². The van der Waals surface area contributed by atoms with Crippen molar-refractivity contribution in [3.63, 3.8) is 0 Å². The van der Waals surface area contributed by atoms with Crippen LogP contribution >= 0.6 is 0 Å². The van der Waals surface area contributed by atoms with Crippen molar-refractivity contribution in [3.8, 4) is 11.5 Å². The van der Waals surface area contributed by atoms with Gasteiger partial charge in [-0.15, -0.1) is 0 Å². The fourth-order valence-corrected chi connectivity index (χ4v) is 3.33. The van der Waals surface area contributed by atoms with E-state index in [2.05, 4.69) is 10.3 Å². The maximum Gasteiger partial charge on any atom is 0.332 e. The highest BCUT2D eigenvalue weighted by Crippen LogP contribution is 2.24. The standard InChI is InChI=1S/C19H25N5O5/c1-11(7-20-8-15(27)12-4-13(25)6-14(26)5-12)9-24-10-21-17-16(24)18(28)23(3)19(29)22(17)2/h4-6,10-11,15,20,25-27H,7-9H2,1-3H3. The first-order valence-electron chi connectivity index (χ1n) is 9.21. The maximum atomic E-state index is 12.5. The fraction of sp³-hybridized carbons (Fsp3) is 0.421.